The number of furan rings is 1. The number of carbonyl (C=O) groups excluding carboxylic acids is 1. The van der Waals surface area contributed by atoms with Gasteiger partial charge in [-0.3, -0.25) is 0 Å². The van der Waals surface area contributed by atoms with E-state index in [0.29, 0.717) is 17.3 Å². The van der Waals surface area contributed by atoms with E-state index < -0.39 is 5.91 Å². The molecule has 0 unspecified atom stereocenters. The number of rotatable bonds is 4. The fourth-order valence-electron chi connectivity index (χ4n) is 2.14. The molecule has 0 saturated heterocycles. The van der Waals surface area contributed by atoms with Crippen LogP contribution in [0.2, 0.25) is 0 Å². The number of carbonyl (C=O) groups is 1. The lowest BCUT2D eigenvalue weighted by atomic mass is 10.2. The quantitative estimate of drug-likeness (QED) is 0.592. The molecule has 3 aromatic rings. The van der Waals surface area contributed by atoms with E-state index in [-0.39, 0.29) is 5.57 Å². The van der Waals surface area contributed by atoms with Gasteiger partial charge < -0.3 is 4.42 Å². The minimum atomic E-state index is -0.502. The first-order chi connectivity index (χ1) is 11.8. The predicted molar refractivity (Wildman–Crippen MR) is 89.4 cm³/mol. The van der Waals surface area contributed by atoms with E-state index in [1.165, 1.54) is 6.08 Å². The first-order valence-electron chi connectivity index (χ1n) is 7.31. The van der Waals surface area contributed by atoms with Crippen molar-refractivity contribution >= 4 is 17.8 Å². The maximum Gasteiger partial charge on any atom is 0.349 e. The highest BCUT2D eigenvalue weighted by Gasteiger charge is 2.16. The molecule has 5 heteroatoms. The number of hydrogen-bond acceptors (Lipinski definition) is 3. The highest BCUT2D eigenvalue weighted by molar-refractivity contribution is 6.08. The topological polar surface area (TPSA) is 80.2 Å². The second-order valence-corrected chi connectivity index (χ2v) is 4.97. The Hall–Kier alpha value is -3.65. The molecule has 0 bridgehead atoms. The van der Waals surface area contributed by atoms with Crippen molar-refractivity contribution in [2.75, 3.05) is 5.32 Å². The zero-order valence-electron chi connectivity index (χ0n) is 12.7. The standard InChI is InChI=1S/C19H13N3O2/c20-13-15(19(23)22-18-8-4-5-11-21-18)12-16-9-10-17(24-16)14-6-2-1-3-7-14/h1-12H,(H,21,22,23)/p+1. The fraction of sp³-hybridized carbons (Fsp3) is 0. The van der Waals surface area contributed by atoms with Crippen LogP contribution < -0.4 is 10.3 Å². The number of nitriles is 1. The lowest BCUT2D eigenvalue weighted by Gasteiger charge is -1.96. The molecule has 2 aromatic heterocycles. The summed E-state index contributed by atoms with van der Waals surface area (Å²) in [6, 6.07) is 20.3. The molecule has 0 aliphatic rings. The largest absolute Gasteiger partial charge is 0.457 e. The molecule has 2 N–H and O–H groups in total. The number of benzene rings is 1. The van der Waals surface area contributed by atoms with Gasteiger partial charge in [0.2, 0.25) is 0 Å². The van der Waals surface area contributed by atoms with E-state index in [0.717, 1.165) is 5.56 Å². The summed E-state index contributed by atoms with van der Waals surface area (Å²) in [6.45, 7) is 0. The smallest absolute Gasteiger partial charge is 0.349 e. The van der Waals surface area contributed by atoms with Crippen molar-refractivity contribution in [1.82, 2.24) is 0 Å². The van der Waals surface area contributed by atoms with Gasteiger partial charge in [-0.15, -0.1) is 0 Å². The van der Waals surface area contributed by atoms with Gasteiger partial charge in [0.05, 0.1) is 6.20 Å². The predicted octanol–water partition coefficient (Wildman–Crippen LogP) is 3.31. The highest BCUT2D eigenvalue weighted by Crippen LogP contribution is 2.23. The van der Waals surface area contributed by atoms with Crippen LogP contribution in [0, 0.1) is 11.3 Å². The molecule has 0 saturated carbocycles. The number of aromatic nitrogens is 1. The fourth-order valence-corrected chi connectivity index (χ4v) is 2.14. The van der Waals surface area contributed by atoms with Crippen LogP contribution in [0.3, 0.4) is 0 Å². The summed E-state index contributed by atoms with van der Waals surface area (Å²) in [7, 11) is 0. The van der Waals surface area contributed by atoms with Crippen LogP contribution in [0.25, 0.3) is 17.4 Å². The summed E-state index contributed by atoms with van der Waals surface area (Å²) < 4.78 is 5.69. The van der Waals surface area contributed by atoms with Gasteiger partial charge in [0.15, 0.2) is 0 Å². The number of nitrogens with zero attached hydrogens (tertiary/aromatic N) is 1. The zero-order valence-corrected chi connectivity index (χ0v) is 12.7. The molecule has 1 amide bonds. The summed E-state index contributed by atoms with van der Waals surface area (Å²) in [5.41, 5.74) is 0.889. The number of anilines is 1. The molecule has 3 rings (SSSR count). The first-order valence-corrected chi connectivity index (χ1v) is 7.31. The van der Waals surface area contributed by atoms with E-state index in [9.17, 15) is 10.1 Å². The molecule has 2 heterocycles. The summed E-state index contributed by atoms with van der Waals surface area (Å²) in [5, 5.41) is 11.9. The number of amides is 1. The zero-order chi connectivity index (χ0) is 16.8. The van der Waals surface area contributed by atoms with E-state index in [1.54, 1.807) is 36.5 Å². The number of aromatic amines is 1. The molecule has 0 spiro atoms. The minimum Gasteiger partial charge on any atom is -0.457 e. The Morgan fingerprint density at radius 3 is 2.58 bits per heavy atom. The molecule has 116 valence electrons. The maximum absolute atomic E-state index is 12.2. The van der Waals surface area contributed by atoms with Crippen molar-refractivity contribution in [3.8, 4) is 17.4 Å². The Balaban J connectivity index is 1.80. The Bertz CT molecular complexity index is 907. The van der Waals surface area contributed by atoms with E-state index >= 15 is 0 Å². The van der Waals surface area contributed by atoms with Gasteiger partial charge in [-0.25, -0.2) is 15.1 Å². The average molecular weight is 316 g/mol. The van der Waals surface area contributed by atoms with Crippen LogP contribution in [0.5, 0.6) is 0 Å². The van der Waals surface area contributed by atoms with Gasteiger partial charge in [-0.2, -0.15) is 5.26 Å². The lowest BCUT2D eigenvalue weighted by Crippen LogP contribution is -2.19. The number of pyridine rings is 1. The molecule has 1 aromatic carbocycles. The summed E-state index contributed by atoms with van der Waals surface area (Å²) in [6.07, 6.45) is 3.11. The van der Waals surface area contributed by atoms with Crippen LogP contribution in [0.4, 0.5) is 5.82 Å². The summed E-state index contributed by atoms with van der Waals surface area (Å²) >= 11 is 0. The molecule has 5 nitrogen and oxygen atoms in total. The third kappa shape index (κ3) is 3.57. The van der Waals surface area contributed by atoms with E-state index in [4.69, 9.17) is 4.42 Å². The molecule has 0 aliphatic carbocycles. The van der Waals surface area contributed by atoms with Crippen LogP contribution in [0.15, 0.2) is 76.9 Å². The second kappa shape index (κ2) is 7.07. The molecular formula is C19H14N3O2+. The lowest BCUT2D eigenvalue weighted by molar-refractivity contribution is -0.360. The van der Waals surface area contributed by atoms with Crippen LogP contribution in [-0.2, 0) is 4.79 Å². The van der Waals surface area contributed by atoms with Crippen molar-refractivity contribution in [3.05, 3.63) is 78.2 Å². The van der Waals surface area contributed by atoms with Gasteiger partial charge in [-0.1, -0.05) is 36.4 Å². The summed E-state index contributed by atoms with van der Waals surface area (Å²) in [5.74, 6) is 1.12. The third-order valence-electron chi connectivity index (χ3n) is 3.29. The van der Waals surface area contributed by atoms with Crippen molar-refractivity contribution < 1.29 is 14.2 Å². The average Bonchev–Trinajstić information content (AvgIpc) is 3.10. The Kier molecular flexibility index (Phi) is 4.50. The third-order valence-corrected chi connectivity index (χ3v) is 3.29. The normalized spacial score (nSPS) is 10.9. The van der Waals surface area contributed by atoms with Crippen molar-refractivity contribution in [3.63, 3.8) is 0 Å². The van der Waals surface area contributed by atoms with Gasteiger partial charge in [0, 0.05) is 17.7 Å². The number of H-pyrrole nitrogens is 1. The van der Waals surface area contributed by atoms with Gasteiger partial charge in [0.1, 0.15) is 23.2 Å². The Morgan fingerprint density at radius 2 is 1.88 bits per heavy atom. The molecule has 0 fully saturated rings. The van der Waals surface area contributed by atoms with E-state index in [2.05, 4.69) is 10.3 Å². The van der Waals surface area contributed by atoms with Crippen molar-refractivity contribution in [2.45, 2.75) is 0 Å². The molecule has 24 heavy (non-hydrogen) atoms. The molecule has 0 atom stereocenters. The van der Waals surface area contributed by atoms with Crippen molar-refractivity contribution in [1.29, 1.82) is 5.26 Å². The Labute approximate surface area is 138 Å². The van der Waals surface area contributed by atoms with Crippen LogP contribution in [0.1, 0.15) is 5.76 Å². The van der Waals surface area contributed by atoms with E-state index in [1.807, 2.05) is 36.4 Å². The van der Waals surface area contributed by atoms with Crippen molar-refractivity contribution in [2.24, 2.45) is 0 Å². The molecular weight excluding hydrogens is 302 g/mol. The second-order valence-electron chi connectivity index (χ2n) is 4.97. The van der Waals surface area contributed by atoms with Crippen LogP contribution in [-0.4, -0.2) is 5.91 Å². The SMILES string of the molecule is N#CC(=Cc1ccc(-c2ccccc2)o1)C(=O)Nc1cccc[nH+]1. The number of nitrogens with one attached hydrogen (secondary N) is 2. The number of hydrogen-bond donors (Lipinski definition) is 1. The highest BCUT2D eigenvalue weighted by atomic mass is 16.3. The monoisotopic (exact) mass is 316 g/mol. The molecule has 0 aliphatic heterocycles. The Morgan fingerprint density at radius 1 is 1.08 bits per heavy atom. The maximum atomic E-state index is 12.2. The van der Waals surface area contributed by atoms with Gasteiger partial charge in [0.25, 0.3) is 5.82 Å². The minimum absolute atomic E-state index is 0.0405. The van der Waals surface area contributed by atoms with Crippen LogP contribution >= 0.6 is 0 Å². The molecule has 0 radical (unpaired) electrons. The van der Waals surface area contributed by atoms with Gasteiger partial charge in [-0.05, 0) is 18.2 Å². The summed E-state index contributed by atoms with van der Waals surface area (Å²) in [4.78, 5) is 15.0. The first kappa shape index (κ1) is 15.3. The van der Waals surface area contributed by atoms with Gasteiger partial charge >= 0.3 is 5.91 Å².